The van der Waals surface area contributed by atoms with Gasteiger partial charge in [-0.2, -0.15) is 0 Å². The molecule has 0 saturated carbocycles. The van der Waals surface area contributed by atoms with E-state index in [9.17, 15) is 9.59 Å². The normalized spacial score (nSPS) is 11.4. The van der Waals surface area contributed by atoms with Gasteiger partial charge in [0.25, 0.3) is 5.91 Å². The van der Waals surface area contributed by atoms with Crippen molar-refractivity contribution in [2.24, 2.45) is 0 Å². The second kappa shape index (κ2) is 10.1. The largest absolute Gasteiger partial charge is 0.446 e. The highest BCUT2D eigenvalue weighted by atomic mass is 16.3. The summed E-state index contributed by atoms with van der Waals surface area (Å²) in [5.74, 6) is -0.324. The number of carbonyl (C=O) groups excluding carboxylic acids is 2. The van der Waals surface area contributed by atoms with Crippen LogP contribution in [0.25, 0.3) is 0 Å². The first-order valence-electron chi connectivity index (χ1n) is 8.88. The van der Waals surface area contributed by atoms with Gasteiger partial charge in [0.2, 0.25) is 11.8 Å². The third-order valence-electron chi connectivity index (χ3n) is 4.09. The van der Waals surface area contributed by atoms with Crippen LogP contribution in [0.5, 0.6) is 0 Å². The molecule has 0 saturated heterocycles. The van der Waals surface area contributed by atoms with Crippen LogP contribution in [0.1, 0.15) is 41.2 Å². The fourth-order valence-corrected chi connectivity index (χ4v) is 2.75. The van der Waals surface area contributed by atoms with Crippen molar-refractivity contribution in [2.45, 2.75) is 25.8 Å². The highest BCUT2D eigenvalue weighted by Crippen LogP contribution is 2.23. The first-order chi connectivity index (χ1) is 13.1. The first kappa shape index (κ1) is 20.2. The fourth-order valence-electron chi connectivity index (χ4n) is 2.75. The zero-order valence-electron chi connectivity index (χ0n) is 15.6. The Hall–Kier alpha value is -3.15. The van der Waals surface area contributed by atoms with Gasteiger partial charge in [0.15, 0.2) is 5.69 Å². The number of nitrogens with one attached hydrogen (secondary N) is 1. The van der Waals surface area contributed by atoms with E-state index in [-0.39, 0.29) is 30.0 Å². The Morgan fingerprint density at radius 2 is 2.00 bits per heavy atom. The summed E-state index contributed by atoms with van der Waals surface area (Å²) in [6.07, 6.45) is 5.21. The van der Waals surface area contributed by atoms with E-state index in [0.717, 1.165) is 5.56 Å². The fraction of sp³-hybridized carbons (Fsp3) is 0.286. The SMILES string of the molecule is C=CCNC(=O)c1coc(CN(CC=C)C(=O)[C@H](CC)c2ccccc2)n1. The lowest BCUT2D eigenvalue weighted by Gasteiger charge is -2.25. The van der Waals surface area contributed by atoms with E-state index in [4.69, 9.17) is 4.42 Å². The predicted molar refractivity (Wildman–Crippen MR) is 104 cm³/mol. The molecule has 0 bridgehead atoms. The Bertz CT molecular complexity index is 783. The zero-order valence-corrected chi connectivity index (χ0v) is 15.6. The monoisotopic (exact) mass is 367 g/mol. The summed E-state index contributed by atoms with van der Waals surface area (Å²) < 4.78 is 5.39. The summed E-state index contributed by atoms with van der Waals surface area (Å²) in [7, 11) is 0. The molecule has 2 amide bonds. The van der Waals surface area contributed by atoms with Gasteiger partial charge in [-0.1, -0.05) is 49.4 Å². The number of hydrogen-bond acceptors (Lipinski definition) is 4. The van der Waals surface area contributed by atoms with Crippen LogP contribution in [0.15, 0.2) is 66.3 Å². The average Bonchev–Trinajstić information content (AvgIpc) is 3.16. The Morgan fingerprint density at radius 3 is 2.63 bits per heavy atom. The summed E-state index contributed by atoms with van der Waals surface area (Å²) >= 11 is 0. The lowest BCUT2D eigenvalue weighted by molar-refractivity contribution is -0.133. The zero-order chi connectivity index (χ0) is 19.6. The van der Waals surface area contributed by atoms with Gasteiger partial charge in [-0.25, -0.2) is 4.98 Å². The molecule has 0 unspecified atom stereocenters. The molecule has 0 spiro atoms. The Kier molecular flexibility index (Phi) is 7.55. The van der Waals surface area contributed by atoms with Gasteiger partial charge in [0, 0.05) is 13.1 Å². The average molecular weight is 367 g/mol. The van der Waals surface area contributed by atoms with Gasteiger partial charge in [-0.05, 0) is 12.0 Å². The molecule has 2 rings (SSSR count). The molecule has 142 valence electrons. The van der Waals surface area contributed by atoms with Crippen LogP contribution in [0.3, 0.4) is 0 Å². The second-order valence-electron chi connectivity index (χ2n) is 6.00. The summed E-state index contributed by atoms with van der Waals surface area (Å²) in [5.41, 5.74) is 1.14. The molecule has 1 aromatic heterocycles. The van der Waals surface area contributed by atoms with Crippen molar-refractivity contribution < 1.29 is 14.0 Å². The molecule has 0 radical (unpaired) electrons. The Morgan fingerprint density at radius 1 is 1.26 bits per heavy atom. The second-order valence-corrected chi connectivity index (χ2v) is 6.00. The highest BCUT2D eigenvalue weighted by molar-refractivity contribution is 5.92. The van der Waals surface area contributed by atoms with Crippen LogP contribution in [-0.4, -0.2) is 34.8 Å². The van der Waals surface area contributed by atoms with Crippen LogP contribution in [0.2, 0.25) is 0 Å². The minimum absolute atomic E-state index is 0.0283. The van der Waals surface area contributed by atoms with E-state index in [0.29, 0.717) is 25.4 Å². The van der Waals surface area contributed by atoms with Crippen molar-refractivity contribution in [3.8, 4) is 0 Å². The molecule has 6 nitrogen and oxygen atoms in total. The van der Waals surface area contributed by atoms with Gasteiger partial charge in [-0.3, -0.25) is 9.59 Å². The maximum atomic E-state index is 13.1. The number of carbonyl (C=O) groups is 2. The lowest BCUT2D eigenvalue weighted by atomic mass is 9.95. The molecule has 2 aromatic rings. The van der Waals surface area contributed by atoms with E-state index in [2.05, 4.69) is 23.5 Å². The number of hydrogen-bond donors (Lipinski definition) is 1. The van der Waals surface area contributed by atoms with Crippen LogP contribution in [0, 0.1) is 0 Å². The topological polar surface area (TPSA) is 75.4 Å². The molecular formula is C21H25N3O3. The van der Waals surface area contributed by atoms with Crippen molar-refractivity contribution >= 4 is 11.8 Å². The van der Waals surface area contributed by atoms with Crippen LogP contribution in [0.4, 0.5) is 0 Å². The molecule has 1 N–H and O–H groups in total. The van der Waals surface area contributed by atoms with Crippen LogP contribution >= 0.6 is 0 Å². The third kappa shape index (κ3) is 5.41. The maximum absolute atomic E-state index is 13.1. The molecule has 0 aliphatic heterocycles. The molecule has 1 atom stereocenters. The molecule has 6 heteroatoms. The lowest BCUT2D eigenvalue weighted by Crippen LogP contribution is -2.35. The smallest absolute Gasteiger partial charge is 0.273 e. The van der Waals surface area contributed by atoms with Gasteiger partial charge >= 0.3 is 0 Å². The van der Waals surface area contributed by atoms with Gasteiger partial charge in [0.05, 0.1) is 12.5 Å². The number of rotatable bonds is 10. The quantitative estimate of drug-likeness (QED) is 0.654. The van der Waals surface area contributed by atoms with Crippen molar-refractivity contribution in [3.05, 3.63) is 79.1 Å². The van der Waals surface area contributed by atoms with Crippen molar-refractivity contribution in [2.75, 3.05) is 13.1 Å². The number of nitrogens with zero attached hydrogens (tertiary/aromatic N) is 2. The third-order valence-corrected chi connectivity index (χ3v) is 4.09. The number of amides is 2. The van der Waals surface area contributed by atoms with Crippen molar-refractivity contribution in [1.82, 2.24) is 15.2 Å². The Labute approximate surface area is 159 Å². The molecule has 0 aliphatic carbocycles. The Balaban J connectivity index is 2.14. The number of aromatic nitrogens is 1. The van der Waals surface area contributed by atoms with Gasteiger partial charge in [-0.15, -0.1) is 13.2 Å². The van der Waals surface area contributed by atoms with Crippen molar-refractivity contribution in [3.63, 3.8) is 0 Å². The van der Waals surface area contributed by atoms with E-state index in [1.807, 2.05) is 37.3 Å². The minimum atomic E-state index is -0.345. The molecular weight excluding hydrogens is 342 g/mol. The van der Waals surface area contributed by atoms with E-state index in [1.165, 1.54) is 6.26 Å². The number of oxazole rings is 1. The van der Waals surface area contributed by atoms with Crippen LogP contribution < -0.4 is 5.32 Å². The summed E-state index contributed by atoms with van der Waals surface area (Å²) in [4.78, 5) is 30.8. The molecule has 1 heterocycles. The molecule has 0 fully saturated rings. The molecule has 0 aliphatic rings. The summed E-state index contributed by atoms with van der Waals surface area (Å²) in [5, 5.41) is 2.64. The highest BCUT2D eigenvalue weighted by Gasteiger charge is 2.25. The van der Waals surface area contributed by atoms with E-state index >= 15 is 0 Å². The van der Waals surface area contributed by atoms with E-state index in [1.54, 1.807) is 17.1 Å². The van der Waals surface area contributed by atoms with Crippen molar-refractivity contribution in [1.29, 1.82) is 0 Å². The molecule has 1 aromatic carbocycles. The predicted octanol–water partition coefficient (Wildman–Crippen LogP) is 3.30. The standard InChI is InChI=1S/C21H25N3O3/c1-4-12-22-20(25)18-15-27-19(23-18)14-24(13-5-2)21(26)17(6-3)16-10-8-7-9-11-16/h4-5,7-11,15,17H,1-2,6,12-14H2,3H3,(H,22,25)/t17-/m1/s1. The summed E-state index contributed by atoms with van der Waals surface area (Å²) in [6, 6.07) is 9.67. The van der Waals surface area contributed by atoms with Crippen LogP contribution in [-0.2, 0) is 11.3 Å². The van der Waals surface area contributed by atoms with Gasteiger partial charge < -0.3 is 14.6 Å². The first-order valence-corrected chi connectivity index (χ1v) is 8.88. The number of benzene rings is 1. The van der Waals surface area contributed by atoms with E-state index < -0.39 is 0 Å². The maximum Gasteiger partial charge on any atom is 0.273 e. The minimum Gasteiger partial charge on any atom is -0.446 e. The molecule has 27 heavy (non-hydrogen) atoms. The van der Waals surface area contributed by atoms with Gasteiger partial charge in [0.1, 0.15) is 6.26 Å². The summed E-state index contributed by atoms with van der Waals surface area (Å²) in [6.45, 7) is 10.1.